The number of methoxy groups -OCH3 is 1. The minimum Gasteiger partial charge on any atom is -0.469 e. The fourth-order valence-corrected chi connectivity index (χ4v) is 2.56. The van der Waals surface area contributed by atoms with Crippen LogP contribution in [-0.2, 0) is 19.1 Å². The molecule has 1 rings (SSSR count). The predicted octanol–water partition coefficient (Wildman–Crippen LogP) is 1.59. The number of carbonyl (C=O) groups excluding carboxylic acids is 2. The molecule has 5 nitrogen and oxygen atoms in total. The maximum Gasteiger partial charge on any atom is 0.339 e. The molecule has 0 aliphatic carbocycles. The van der Waals surface area contributed by atoms with Crippen LogP contribution in [0.5, 0.6) is 0 Å². The summed E-state index contributed by atoms with van der Waals surface area (Å²) in [6.45, 7) is 0. The average Bonchev–Trinajstić information content (AvgIpc) is 2.60. The topological polar surface area (TPSA) is 72.8 Å². The largest absolute Gasteiger partial charge is 0.469 e. The van der Waals surface area contributed by atoms with Crippen molar-refractivity contribution in [1.82, 2.24) is 0 Å². The molecule has 104 valence electrons. The van der Waals surface area contributed by atoms with Crippen LogP contribution < -0.4 is 0 Å². The molecule has 2 atom stereocenters. The molecule has 1 aliphatic rings. The third-order valence-corrected chi connectivity index (χ3v) is 3.81. The van der Waals surface area contributed by atoms with Crippen LogP contribution >= 0.6 is 22.6 Å². The molecule has 0 aromatic rings. The Hall–Kier alpha value is -0.370. The first-order valence-corrected chi connectivity index (χ1v) is 7.60. The van der Waals surface area contributed by atoms with Crippen molar-refractivity contribution in [3.63, 3.8) is 0 Å². The average molecular weight is 370 g/mol. The third kappa shape index (κ3) is 4.38. The van der Waals surface area contributed by atoms with Gasteiger partial charge in [-0.25, -0.2) is 4.79 Å². The first-order chi connectivity index (χ1) is 8.51. The van der Waals surface area contributed by atoms with Gasteiger partial charge in [-0.05, 0) is 23.7 Å². The minimum atomic E-state index is -1.69. The van der Waals surface area contributed by atoms with Crippen LogP contribution in [0.4, 0.5) is 0 Å². The molecule has 1 heterocycles. The van der Waals surface area contributed by atoms with Crippen LogP contribution in [0.1, 0.15) is 38.5 Å². The van der Waals surface area contributed by atoms with Crippen LogP contribution in [0.3, 0.4) is 0 Å². The van der Waals surface area contributed by atoms with Crippen molar-refractivity contribution in [1.29, 1.82) is 0 Å². The number of halogens is 1. The Kier molecular flexibility index (Phi) is 6.34. The van der Waals surface area contributed by atoms with E-state index in [0.29, 0.717) is 0 Å². The van der Waals surface area contributed by atoms with Gasteiger partial charge < -0.3 is 14.6 Å². The molecule has 0 bridgehead atoms. The quantitative estimate of drug-likeness (QED) is 0.319. The molecule has 0 unspecified atom stereocenters. The lowest BCUT2D eigenvalue weighted by atomic mass is 9.94. The zero-order valence-electron chi connectivity index (χ0n) is 10.5. The molecule has 18 heavy (non-hydrogen) atoms. The van der Waals surface area contributed by atoms with E-state index in [1.54, 1.807) is 0 Å². The first-order valence-electron chi connectivity index (χ1n) is 6.08. The lowest BCUT2D eigenvalue weighted by molar-refractivity contribution is -0.161. The number of hydrogen-bond acceptors (Lipinski definition) is 5. The highest BCUT2D eigenvalue weighted by atomic mass is 127. The Balaban J connectivity index is 2.40. The van der Waals surface area contributed by atoms with E-state index in [0.717, 1.165) is 30.1 Å². The highest BCUT2D eigenvalue weighted by Crippen LogP contribution is 2.31. The summed E-state index contributed by atoms with van der Waals surface area (Å²) in [4.78, 5) is 22.7. The van der Waals surface area contributed by atoms with Gasteiger partial charge in [0.1, 0.15) is 6.10 Å². The van der Waals surface area contributed by atoms with Gasteiger partial charge >= 0.3 is 11.9 Å². The van der Waals surface area contributed by atoms with E-state index in [-0.39, 0.29) is 18.9 Å². The molecule has 1 N–H and O–H groups in total. The summed E-state index contributed by atoms with van der Waals surface area (Å²) < 4.78 is 10.7. The summed E-state index contributed by atoms with van der Waals surface area (Å²) >= 11 is 2.32. The van der Waals surface area contributed by atoms with Crippen LogP contribution in [0.15, 0.2) is 0 Å². The van der Waals surface area contributed by atoms with Gasteiger partial charge in [0, 0.05) is 6.42 Å². The van der Waals surface area contributed by atoms with Gasteiger partial charge in [-0.2, -0.15) is 0 Å². The SMILES string of the molecule is COC(=O)C[C@@]1(O)C[C@@H](CCCCCI)OC1=O. The van der Waals surface area contributed by atoms with Crippen molar-refractivity contribution in [3.8, 4) is 0 Å². The second-order valence-corrected chi connectivity index (χ2v) is 5.63. The number of carbonyl (C=O) groups is 2. The monoisotopic (exact) mass is 370 g/mol. The third-order valence-electron chi connectivity index (χ3n) is 3.04. The fraction of sp³-hybridized carbons (Fsp3) is 0.833. The maximum absolute atomic E-state index is 11.6. The van der Waals surface area contributed by atoms with Gasteiger partial charge in [-0.15, -0.1) is 0 Å². The van der Waals surface area contributed by atoms with E-state index in [1.807, 2.05) is 0 Å². The first kappa shape index (κ1) is 15.7. The highest BCUT2D eigenvalue weighted by molar-refractivity contribution is 14.1. The summed E-state index contributed by atoms with van der Waals surface area (Å²) in [5, 5.41) is 10.1. The van der Waals surface area contributed by atoms with Gasteiger partial charge in [0.15, 0.2) is 5.60 Å². The lowest BCUT2D eigenvalue weighted by Crippen LogP contribution is -2.37. The molecule has 1 saturated heterocycles. The molecule has 1 fully saturated rings. The summed E-state index contributed by atoms with van der Waals surface area (Å²) in [6.07, 6.45) is 3.53. The van der Waals surface area contributed by atoms with E-state index in [9.17, 15) is 14.7 Å². The lowest BCUT2D eigenvalue weighted by Gasteiger charge is -2.15. The Morgan fingerprint density at radius 2 is 2.28 bits per heavy atom. The molecule has 0 spiro atoms. The highest BCUT2D eigenvalue weighted by Gasteiger charge is 2.49. The van der Waals surface area contributed by atoms with Crippen molar-refractivity contribution in [2.45, 2.75) is 50.2 Å². The number of cyclic esters (lactones) is 1. The van der Waals surface area contributed by atoms with E-state index in [4.69, 9.17) is 4.74 Å². The molecular formula is C12H19IO5. The van der Waals surface area contributed by atoms with Gasteiger partial charge in [0.25, 0.3) is 0 Å². The normalized spacial score (nSPS) is 27.1. The Labute approximate surface area is 120 Å². The maximum atomic E-state index is 11.6. The van der Waals surface area contributed by atoms with Crippen LogP contribution in [-0.4, -0.2) is 40.3 Å². The van der Waals surface area contributed by atoms with Gasteiger partial charge in [0.05, 0.1) is 13.5 Å². The molecule has 0 amide bonds. The zero-order chi connectivity index (χ0) is 13.6. The standard InChI is InChI=1S/C12H19IO5/c1-17-10(14)8-12(16)7-9(18-11(12)15)5-3-2-4-6-13/h9,16H,2-8H2,1H3/t9-,12+/m1/s1. The van der Waals surface area contributed by atoms with Crippen LogP contribution in [0.2, 0.25) is 0 Å². The van der Waals surface area contributed by atoms with Gasteiger partial charge in [-0.1, -0.05) is 29.0 Å². The summed E-state index contributed by atoms with van der Waals surface area (Å²) in [6, 6.07) is 0. The molecule has 0 radical (unpaired) electrons. The molecule has 0 aromatic heterocycles. The van der Waals surface area contributed by atoms with Crippen molar-refractivity contribution in [3.05, 3.63) is 0 Å². The Bertz CT molecular complexity index is 307. The second kappa shape index (κ2) is 7.28. The van der Waals surface area contributed by atoms with Gasteiger partial charge in [0.2, 0.25) is 0 Å². The van der Waals surface area contributed by atoms with E-state index in [2.05, 4.69) is 27.3 Å². The van der Waals surface area contributed by atoms with Crippen molar-refractivity contribution in [2.75, 3.05) is 11.5 Å². The van der Waals surface area contributed by atoms with E-state index >= 15 is 0 Å². The number of rotatable bonds is 7. The zero-order valence-corrected chi connectivity index (χ0v) is 12.6. The Morgan fingerprint density at radius 1 is 1.56 bits per heavy atom. The summed E-state index contributed by atoms with van der Waals surface area (Å²) in [5.74, 6) is -1.30. The smallest absolute Gasteiger partial charge is 0.339 e. The summed E-state index contributed by atoms with van der Waals surface area (Å²) in [7, 11) is 1.23. The Morgan fingerprint density at radius 3 is 2.89 bits per heavy atom. The molecule has 1 aliphatic heterocycles. The predicted molar refractivity (Wildman–Crippen MR) is 73.4 cm³/mol. The molecule has 6 heteroatoms. The van der Waals surface area contributed by atoms with Gasteiger partial charge in [-0.3, -0.25) is 4.79 Å². The number of aliphatic hydroxyl groups is 1. The minimum absolute atomic E-state index is 0.186. The number of ether oxygens (including phenoxy) is 2. The van der Waals surface area contributed by atoms with Crippen molar-refractivity contribution in [2.24, 2.45) is 0 Å². The van der Waals surface area contributed by atoms with E-state index in [1.165, 1.54) is 7.11 Å². The number of esters is 2. The van der Waals surface area contributed by atoms with E-state index < -0.39 is 17.5 Å². The van der Waals surface area contributed by atoms with Crippen LogP contribution in [0, 0.1) is 0 Å². The van der Waals surface area contributed by atoms with Crippen molar-refractivity contribution < 1.29 is 24.2 Å². The van der Waals surface area contributed by atoms with Crippen molar-refractivity contribution >= 4 is 34.5 Å². The molecule has 0 saturated carbocycles. The number of alkyl halides is 1. The molecule has 0 aromatic carbocycles. The van der Waals surface area contributed by atoms with Crippen LogP contribution in [0.25, 0.3) is 0 Å². The second-order valence-electron chi connectivity index (χ2n) is 4.55. The number of hydrogen-bond donors (Lipinski definition) is 1. The number of unbranched alkanes of at least 4 members (excludes halogenated alkanes) is 2. The summed E-state index contributed by atoms with van der Waals surface area (Å²) in [5.41, 5.74) is -1.69. The molecular weight excluding hydrogens is 351 g/mol. The fourth-order valence-electron chi connectivity index (χ4n) is 2.02.